The topological polar surface area (TPSA) is 26.5 Å². The molecule has 2 heterocycles. The molecule has 0 fully saturated rings. The average molecular weight is 437 g/mol. The summed E-state index contributed by atoms with van der Waals surface area (Å²) >= 11 is -2.47. The number of ether oxygens (including phenoxy) is 1. The number of methoxy groups -OCH3 is 1. The van der Waals surface area contributed by atoms with Crippen molar-refractivity contribution in [1.82, 2.24) is 9.61 Å². The molecule has 2 rings (SSSR count). The summed E-state index contributed by atoms with van der Waals surface area (Å²) in [6.07, 6.45) is 9.95. The normalized spacial score (nSPS) is 12.0. The van der Waals surface area contributed by atoms with Crippen molar-refractivity contribution in [3.8, 4) is 5.75 Å². The van der Waals surface area contributed by atoms with Crippen LogP contribution in [0.4, 0.5) is 0 Å². The summed E-state index contributed by atoms with van der Waals surface area (Å²) in [7, 11) is 1.75. The van der Waals surface area contributed by atoms with Crippen molar-refractivity contribution in [3.05, 3.63) is 24.4 Å². The fourth-order valence-corrected chi connectivity index (χ4v) is 20.1. The summed E-state index contributed by atoms with van der Waals surface area (Å²) < 4.78 is 13.8. The van der Waals surface area contributed by atoms with Gasteiger partial charge in [0.05, 0.1) is 0 Å². The molecule has 2 aromatic rings. The molecule has 0 spiro atoms. The maximum atomic E-state index is 5.56. The van der Waals surface area contributed by atoms with Crippen LogP contribution in [-0.2, 0) is 0 Å². The summed E-state index contributed by atoms with van der Waals surface area (Å²) in [4.78, 5) is 0. The van der Waals surface area contributed by atoms with Crippen molar-refractivity contribution in [1.29, 1.82) is 0 Å². The number of unbranched alkanes of at least 4 members (excludes halogenated alkanes) is 3. The zero-order valence-corrected chi connectivity index (χ0v) is 18.8. The van der Waals surface area contributed by atoms with E-state index < -0.39 is 18.4 Å². The van der Waals surface area contributed by atoms with Gasteiger partial charge in [-0.05, 0) is 0 Å². The van der Waals surface area contributed by atoms with Gasteiger partial charge in [0.25, 0.3) is 0 Å². The Morgan fingerprint density at radius 2 is 1.50 bits per heavy atom. The molecule has 0 radical (unpaired) electrons. The van der Waals surface area contributed by atoms with E-state index in [4.69, 9.17) is 9.84 Å². The predicted octanol–water partition coefficient (Wildman–Crippen LogP) is 5.40. The van der Waals surface area contributed by atoms with Crippen LogP contribution in [0, 0.1) is 0 Å². The summed E-state index contributed by atoms with van der Waals surface area (Å²) in [5.74, 6) is 0.943. The molecule has 2 aromatic heterocycles. The Morgan fingerprint density at radius 3 is 2.00 bits per heavy atom. The first kappa shape index (κ1) is 19.6. The summed E-state index contributed by atoms with van der Waals surface area (Å²) in [6, 6.07) is 6.64. The number of aromatic nitrogens is 2. The van der Waals surface area contributed by atoms with Gasteiger partial charge in [0, 0.05) is 0 Å². The van der Waals surface area contributed by atoms with Crippen molar-refractivity contribution in [3.63, 3.8) is 0 Å². The van der Waals surface area contributed by atoms with E-state index in [0.717, 1.165) is 11.3 Å². The minimum atomic E-state index is -2.47. The number of hydrogen-bond donors (Lipinski definition) is 0. The van der Waals surface area contributed by atoms with Crippen LogP contribution in [0.25, 0.3) is 5.52 Å². The van der Waals surface area contributed by atoms with Crippen molar-refractivity contribution in [2.24, 2.45) is 0 Å². The summed E-state index contributed by atoms with van der Waals surface area (Å²) in [5, 5.41) is 4.71. The molecule has 0 saturated heterocycles. The minimum absolute atomic E-state index is 0.943. The van der Waals surface area contributed by atoms with E-state index in [0.29, 0.717) is 0 Å². The quantitative estimate of drug-likeness (QED) is 0.441. The van der Waals surface area contributed by atoms with Gasteiger partial charge in [-0.15, -0.1) is 0 Å². The van der Waals surface area contributed by atoms with Crippen LogP contribution in [0.3, 0.4) is 0 Å². The number of pyridine rings is 1. The van der Waals surface area contributed by atoms with Crippen molar-refractivity contribution in [2.75, 3.05) is 7.11 Å². The molecule has 0 amide bonds. The Balaban J connectivity index is 2.53. The zero-order chi connectivity index (χ0) is 17.4. The van der Waals surface area contributed by atoms with Crippen LogP contribution in [-0.4, -0.2) is 35.1 Å². The van der Waals surface area contributed by atoms with E-state index in [1.807, 2.05) is 6.20 Å². The van der Waals surface area contributed by atoms with Gasteiger partial charge < -0.3 is 0 Å². The molecule has 0 aliphatic heterocycles. The fraction of sp³-hybridized carbons (Fsp3) is 0.650. The monoisotopic (exact) mass is 438 g/mol. The number of hydrogen-bond acceptors (Lipinski definition) is 2. The molecule has 3 nitrogen and oxygen atoms in total. The predicted molar refractivity (Wildman–Crippen MR) is 106 cm³/mol. The standard InChI is InChI=1S/C8H7N2O.3C4H9.Sn/c1-11-8-3-2-6-10-7(8)4-5-9-10;3*1-3-4-2;/h2-5H,1H3;3*1,3-4H2,2H3;. The molecule has 0 atom stereocenters. The Kier molecular flexibility index (Phi) is 7.92. The molecule has 4 heteroatoms. The van der Waals surface area contributed by atoms with E-state index in [1.54, 1.807) is 10.8 Å². The van der Waals surface area contributed by atoms with Gasteiger partial charge in [-0.1, -0.05) is 0 Å². The van der Waals surface area contributed by atoms with E-state index in [2.05, 4.69) is 43.5 Å². The second-order valence-corrected chi connectivity index (χ2v) is 20.1. The average Bonchev–Trinajstić information content (AvgIpc) is 3.10. The van der Waals surface area contributed by atoms with Crippen LogP contribution in [0.2, 0.25) is 13.3 Å². The molecule has 0 N–H and O–H groups in total. The molecular formula is C20H34N2OSn. The first-order chi connectivity index (χ1) is 11.7. The molecule has 0 bridgehead atoms. The van der Waals surface area contributed by atoms with E-state index >= 15 is 0 Å². The second-order valence-electron chi connectivity index (χ2n) is 7.01. The summed E-state index contributed by atoms with van der Waals surface area (Å²) in [6.45, 7) is 6.98. The first-order valence-corrected chi connectivity index (χ1v) is 17.2. The molecule has 0 unspecified atom stereocenters. The summed E-state index contributed by atoms with van der Waals surface area (Å²) in [5.41, 5.74) is 1.14. The van der Waals surface area contributed by atoms with Gasteiger partial charge in [-0.3, -0.25) is 0 Å². The van der Waals surface area contributed by atoms with Crippen molar-refractivity contribution >= 4 is 27.6 Å². The number of rotatable bonds is 11. The Labute approximate surface area is 151 Å². The van der Waals surface area contributed by atoms with E-state index in [1.165, 1.54) is 51.8 Å². The third-order valence-corrected chi connectivity index (χ3v) is 20.7. The van der Waals surface area contributed by atoms with Gasteiger partial charge >= 0.3 is 152 Å². The zero-order valence-electron chi connectivity index (χ0n) is 16.0. The fourth-order valence-electron chi connectivity index (χ4n) is 3.87. The third-order valence-electron chi connectivity index (χ3n) is 5.31. The van der Waals surface area contributed by atoms with E-state index in [-0.39, 0.29) is 0 Å². The van der Waals surface area contributed by atoms with Gasteiger partial charge in [-0.2, -0.15) is 0 Å². The molecule has 134 valence electrons. The SMILES string of the molecule is CCC[CH2][Sn]([CH2]CCC)([CH2]CCC)[c]1ccc(OC)c2ccnn12. The first-order valence-electron chi connectivity index (χ1n) is 9.73. The van der Waals surface area contributed by atoms with E-state index in [9.17, 15) is 0 Å². The number of fused-ring (bicyclic) bond motifs is 1. The van der Waals surface area contributed by atoms with Crippen molar-refractivity contribution < 1.29 is 4.74 Å². The van der Waals surface area contributed by atoms with Crippen LogP contribution in [0.15, 0.2) is 24.4 Å². The van der Waals surface area contributed by atoms with Crippen LogP contribution in [0.5, 0.6) is 5.75 Å². The van der Waals surface area contributed by atoms with Crippen molar-refractivity contribution in [2.45, 2.75) is 72.6 Å². The van der Waals surface area contributed by atoms with Gasteiger partial charge in [-0.25, -0.2) is 0 Å². The molecule has 0 aromatic carbocycles. The Morgan fingerprint density at radius 1 is 0.917 bits per heavy atom. The van der Waals surface area contributed by atoms with Gasteiger partial charge in [0.2, 0.25) is 0 Å². The van der Waals surface area contributed by atoms with Gasteiger partial charge in [0.15, 0.2) is 0 Å². The van der Waals surface area contributed by atoms with Gasteiger partial charge in [0.1, 0.15) is 0 Å². The molecule has 0 aliphatic carbocycles. The molecule has 24 heavy (non-hydrogen) atoms. The van der Waals surface area contributed by atoms with Crippen LogP contribution < -0.4 is 8.45 Å². The third kappa shape index (κ3) is 4.27. The molecule has 0 aliphatic rings. The van der Waals surface area contributed by atoms with Crippen LogP contribution >= 0.6 is 0 Å². The Bertz CT molecular complexity index is 601. The van der Waals surface area contributed by atoms with Crippen LogP contribution in [0.1, 0.15) is 59.3 Å². The molecular weight excluding hydrogens is 403 g/mol. The Hall–Kier alpha value is -0.711. The second kappa shape index (κ2) is 9.69. The maximum absolute atomic E-state index is 5.56. The molecule has 0 saturated carbocycles. The number of nitrogens with zero attached hydrogens (tertiary/aromatic N) is 2.